The topological polar surface area (TPSA) is 90.9 Å². The van der Waals surface area contributed by atoms with Gasteiger partial charge < -0.3 is 14.7 Å². The van der Waals surface area contributed by atoms with Gasteiger partial charge >= 0.3 is 0 Å². The molecule has 2 N–H and O–H groups in total. The lowest BCUT2D eigenvalue weighted by molar-refractivity contribution is 0.412. The van der Waals surface area contributed by atoms with Gasteiger partial charge in [0.1, 0.15) is 0 Å². The van der Waals surface area contributed by atoms with Crippen LogP contribution in [0.1, 0.15) is 12.5 Å². The lowest BCUT2D eigenvalue weighted by Gasteiger charge is -2.11. The van der Waals surface area contributed by atoms with Gasteiger partial charge in [-0.15, -0.1) is 0 Å². The van der Waals surface area contributed by atoms with Gasteiger partial charge in [0.05, 0.1) is 50.5 Å². The number of H-pyrrole nitrogens is 1. The van der Waals surface area contributed by atoms with Crippen molar-refractivity contribution in [3.05, 3.63) is 153 Å². The van der Waals surface area contributed by atoms with E-state index in [2.05, 4.69) is 45.0 Å². The number of pyridine rings is 1. The number of thioether (sulfide) groups is 1. The van der Waals surface area contributed by atoms with Crippen molar-refractivity contribution in [3.63, 3.8) is 0 Å². The Morgan fingerprint density at radius 2 is 1.55 bits per heavy atom. The van der Waals surface area contributed by atoms with Gasteiger partial charge in [0, 0.05) is 51.6 Å². The summed E-state index contributed by atoms with van der Waals surface area (Å²) in [4.78, 5) is 24.2. The van der Waals surface area contributed by atoms with Gasteiger partial charge in [-0.05, 0) is 104 Å². The molecule has 0 spiro atoms. The Morgan fingerprint density at radius 1 is 0.818 bits per heavy atom. The van der Waals surface area contributed by atoms with Crippen LogP contribution in [0, 0.1) is 0 Å². The molecule has 0 atom stereocenters. The second-order valence-electron chi connectivity index (χ2n) is 10.8. The number of allylic oxidation sites excluding steroid dienone is 8. The molecule has 0 saturated carbocycles. The van der Waals surface area contributed by atoms with Crippen LogP contribution in [0.4, 0.5) is 0 Å². The van der Waals surface area contributed by atoms with Crippen molar-refractivity contribution in [1.29, 1.82) is 0 Å². The molecule has 7 heterocycles. The van der Waals surface area contributed by atoms with Crippen LogP contribution in [0.25, 0.3) is 23.1 Å². The number of aliphatic hydroxyl groups excluding tert-OH is 1. The number of benzene rings is 1. The average molecular weight is 591 g/mol. The molecule has 212 valence electrons. The zero-order valence-electron chi connectivity index (χ0n) is 23.8. The van der Waals surface area contributed by atoms with Crippen molar-refractivity contribution in [2.75, 3.05) is 0 Å². The van der Waals surface area contributed by atoms with Gasteiger partial charge in [-0.1, -0.05) is 17.8 Å². The molecule has 0 aliphatic carbocycles. The maximum Gasteiger partial charge on any atom is 0.0997 e. The molecule has 7 nitrogen and oxygen atoms in total. The fraction of sp³-hybridized carbons (Fsp3) is 0.0556. The van der Waals surface area contributed by atoms with Crippen LogP contribution in [-0.4, -0.2) is 36.8 Å². The van der Waals surface area contributed by atoms with Crippen LogP contribution in [0.2, 0.25) is 0 Å². The van der Waals surface area contributed by atoms with Gasteiger partial charge in [0.15, 0.2) is 0 Å². The maximum absolute atomic E-state index is 11.1. The Balaban J connectivity index is 1.25. The summed E-state index contributed by atoms with van der Waals surface area (Å²) in [5.74, 6) is 0.202. The van der Waals surface area contributed by atoms with E-state index in [9.17, 15) is 5.11 Å². The minimum absolute atomic E-state index is 0.202. The van der Waals surface area contributed by atoms with E-state index in [1.807, 2.05) is 85.3 Å². The van der Waals surface area contributed by atoms with Gasteiger partial charge in [0.2, 0.25) is 0 Å². The van der Waals surface area contributed by atoms with Crippen molar-refractivity contribution in [3.8, 4) is 0 Å². The van der Waals surface area contributed by atoms with Gasteiger partial charge in [-0.2, -0.15) is 0 Å². The van der Waals surface area contributed by atoms with Crippen molar-refractivity contribution in [1.82, 2.24) is 14.5 Å². The molecular weight excluding hydrogens is 565 g/mol. The number of hydrogen-bond donors (Lipinski definition) is 2. The molecule has 44 heavy (non-hydrogen) atoms. The van der Waals surface area contributed by atoms with Crippen molar-refractivity contribution >= 4 is 52.0 Å². The van der Waals surface area contributed by atoms with Crippen molar-refractivity contribution in [2.45, 2.75) is 18.4 Å². The van der Waals surface area contributed by atoms with Crippen molar-refractivity contribution in [2.24, 2.45) is 15.0 Å². The predicted octanol–water partition coefficient (Wildman–Crippen LogP) is 6.07. The molecule has 0 amide bonds. The molecule has 8 rings (SSSR count). The second-order valence-corrected chi connectivity index (χ2v) is 11.9. The molecule has 4 aliphatic heterocycles. The molecule has 0 unspecified atom stereocenters. The van der Waals surface area contributed by atoms with E-state index < -0.39 is 0 Å². The third kappa shape index (κ3) is 4.95. The normalized spacial score (nSPS) is 18.1. The molecule has 3 aromatic heterocycles. The number of nitrogens with one attached hydrogen (secondary N) is 1. The predicted molar refractivity (Wildman–Crippen MR) is 179 cm³/mol. The van der Waals surface area contributed by atoms with Crippen LogP contribution in [-0.2, 0) is 6.54 Å². The largest absolute Gasteiger partial charge is 0.512 e. The summed E-state index contributed by atoms with van der Waals surface area (Å²) in [6.45, 7) is 2.47. The van der Waals surface area contributed by atoms with E-state index in [0.717, 1.165) is 66.5 Å². The van der Waals surface area contributed by atoms with Gasteiger partial charge in [-0.25, -0.2) is 15.0 Å². The first-order chi connectivity index (χ1) is 21.6. The van der Waals surface area contributed by atoms with Gasteiger partial charge in [0.25, 0.3) is 0 Å². The summed E-state index contributed by atoms with van der Waals surface area (Å²) in [7, 11) is 0. The van der Waals surface area contributed by atoms with E-state index in [1.165, 1.54) is 5.56 Å². The van der Waals surface area contributed by atoms with E-state index >= 15 is 0 Å². The fourth-order valence-corrected chi connectivity index (χ4v) is 6.87. The highest BCUT2D eigenvalue weighted by Crippen LogP contribution is 2.44. The third-order valence-electron chi connectivity index (χ3n) is 7.68. The number of aromatic nitrogens is 3. The highest BCUT2D eigenvalue weighted by molar-refractivity contribution is 8.03. The summed E-state index contributed by atoms with van der Waals surface area (Å²) in [5, 5.41) is 14.1. The average Bonchev–Trinajstić information content (AvgIpc) is 3.85. The smallest absolute Gasteiger partial charge is 0.0997 e. The first-order valence-electron chi connectivity index (χ1n) is 14.3. The Morgan fingerprint density at radius 3 is 2.27 bits per heavy atom. The molecule has 0 radical (unpaired) electrons. The molecule has 0 saturated heterocycles. The maximum atomic E-state index is 11.1. The Hall–Kier alpha value is -5.47. The zero-order valence-corrected chi connectivity index (χ0v) is 24.6. The highest BCUT2D eigenvalue weighted by Gasteiger charge is 2.27. The molecule has 4 aliphatic rings. The zero-order chi connectivity index (χ0) is 29.6. The quantitative estimate of drug-likeness (QED) is 0.283. The number of aliphatic imine (C=N–C) groups is 3. The molecule has 1 aromatic carbocycles. The summed E-state index contributed by atoms with van der Waals surface area (Å²) in [5.41, 5.74) is 7.69. The molecular formula is C36H26N6OS. The van der Waals surface area contributed by atoms with Crippen LogP contribution in [0.15, 0.2) is 157 Å². The van der Waals surface area contributed by atoms with Crippen LogP contribution < -0.4 is 10.7 Å². The van der Waals surface area contributed by atoms with E-state index in [1.54, 1.807) is 18.7 Å². The standard InChI is InChI=1S/C36H26N6OS/c1-22(43)35-31-19-28-9-7-26(39-28)17-24-5-6-25(38-24)18-27-8-10-29(40-27)20-32(41-31)36(35)44-34-4-2-3-33-30(34)13-16-42(33)21-23-11-14-37-15-12-23/h2-20,38,43H,21H2,1H3. The lowest BCUT2D eigenvalue weighted by Crippen LogP contribution is -2.12. The van der Waals surface area contributed by atoms with E-state index in [4.69, 9.17) is 15.0 Å². The van der Waals surface area contributed by atoms with Crippen LogP contribution in [0.5, 0.6) is 0 Å². The summed E-state index contributed by atoms with van der Waals surface area (Å²) in [6, 6.07) is 16.6. The second kappa shape index (κ2) is 10.7. The van der Waals surface area contributed by atoms with E-state index in [0.29, 0.717) is 11.3 Å². The Kier molecular flexibility index (Phi) is 6.34. The number of hydrogen-bond acceptors (Lipinski definition) is 6. The molecule has 8 bridgehead atoms. The first-order valence-corrected chi connectivity index (χ1v) is 15.1. The number of nitrogens with zero attached hydrogens (tertiary/aromatic N) is 5. The molecule has 8 heteroatoms. The minimum Gasteiger partial charge on any atom is -0.512 e. The fourth-order valence-electron chi connectivity index (χ4n) is 5.66. The molecule has 4 aromatic rings. The Labute approximate surface area is 257 Å². The summed E-state index contributed by atoms with van der Waals surface area (Å²) < 4.78 is 2.25. The van der Waals surface area contributed by atoms with Crippen LogP contribution >= 0.6 is 11.8 Å². The third-order valence-corrected chi connectivity index (χ3v) is 8.87. The SMILES string of the molecule is CC(O)=C1C2=NC(=C1Sc1cccc3c1ccn3Cc1ccncc1)C=C1C=CC(=N1)C=c1ccc([nH]1)=CC1=NC(=C2)C=C1. The number of rotatable bonds is 4. The monoisotopic (exact) mass is 590 g/mol. The summed E-state index contributed by atoms with van der Waals surface area (Å²) >= 11 is 1.61. The highest BCUT2D eigenvalue weighted by atomic mass is 32.2. The van der Waals surface area contributed by atoms with Crippen LogP contribution in [0.3, 0.4) is 0 Å². The number of aliphatic hydroxyl groups is 1. The minimum atomic E-state index is 0.202. The van der Waals surface area contributed by atoms with Gasteiger partial charge in [-0.3, -0.25) is 4.98 Å². The van der Waals surface area contributed by atoms with Crippen molar-refractivity contribution < 1.29 is 5.11 Å². The molecule has 0 fully saturated rings. The Bertz CT molecular complexity index is 2280. The lowest BCUT2D eigenvalue weighted by atomic mass is 10.1. The summed E-state index contributed by atoms with van der Waals surface area (Å²) in [6.07, 6.45) is 21.7. The number of aromatic amines is 1. The number of fused-ring (bicyclic) bond motifs is 6. The van der Waals surface area contributed by atoms with E-state index in [-0.39, 0.29) is 5.76 Å². The first kappa shape index (κ1) is 26.2.